The maximum absolute atomic E-state index is 12.4. The molecule has 11 heteroatoms. The summed E-state index contributed by atoms with van der Waals surface area (Å²) in [7, 11) is 0. The quantitative estimate of drug-likeness (QED) is 0.673. The molecule has 0 spiro atoms. The van der Waals surface area contributed by atoms with Crippen LogP contribution in [-0.2, 0) is 13.2 Å². The van der Waals surface area contributed by atoms with Gasteiger partial charge in [0, 0.05) is 18.5 Å². The Hall–Kier alpha value is -3.24. The Balaban J connectivity index is 1.64. The Bertz CT molecular complexity index is 825. The number of ether oxygens (including phenoxy) is 2. The van der Waals surface area contributed by atoms with Gasteiger partial charge in [0.2, 0.25) is 0 Å². The van der Waals surface area contributed by atoms with Gasteiger partial charge in [-0.1, -0.05) is 6.07 Å². The molecule has 0 fully saturated rings. The lowest BCUT2D eigenvalue weighted by atomic mass is 10.3. The average Bonchev–Trinajstić information content (AvgIpc) is 2.99. The van der Waals surface area contributed by atoms with Crippen molar-refractivity contribution in [2.75, 3.05) is 0 Å². The third-order valence-electron chi connectivity index (χ3n) is 2.86. The highest BCUT2D eigenvalue weighted by molar-refractivity contribution is 5.34. The fourth-order valence-electron chi connectivity index (χ4n) is 1.84. The van der Waals surface area contributed by atoms with Crippen LogP contribution < -0.4 is 9.47 Å². The van der Waals surface area contributed by atoms with Crippen LogP contribution in [0, 0.1) is 0 Å². The van der Waals surface area contributed by atoms with Crippen LogP contribution in [0.1, 0.15) is 5.82 Å². The number of hydrogen-bond acceptors (Lipinski definition) is 7. The number of rotatable bonds is 6. The maximum atomic E-state index is 12.4. The van der Waals surface area contributed by atoms with E-state index in [1.165, 1.54) is 12.4 Å². The number of alkyl halides is 3. The minimum Gasteiger partial charge on any atom is -0.485 e. The molecule has 0 saturated carbocycles. The fourth-order valence-corrected chi connectivity index (χ4v) is 1.84. The van der Waals surface area contributed by atoms with Gasteiger partial charge in [0.1, 0.15) is 24.7 Å². The highest BCUT2D eigenvalue weighted by Crippen LogP contribution is 2.23. The molecule has 0 radical (unpaired) electrons. The zero-order valence-corrected chi connectivity index (χ0v) is 12.6. The molecule has 0 aliphatic carbocycles. The summed E-state index contributed by atoms with van der Waals surface area (Å²) in [6.45, 7) is -1.51. The number of hydrogen-bond donors (Lipinski definition) is 0. The summed E-state index contributed by atoms with van der Waals surface area (Å²) in [6, 6.07) is 8.31. The van der Waals surface area contributed by atoms with Crippen molar-refractivity contribution in [1.29, 1.82) is 0 Å². The van der Waals surface area contributed by atoms with Crippen molar-refractivity contribution in [3.63, 3.8) is 0 Å². The summed E-state index contributed by atoms with van der Waals surface area (Å²) in [5.41, 5.74) is 0. The van der Waals surface area contributed by atoms with Gasteiger partial charge in [-0.25, -0.2) is 14.6 Å². The smallest absolute Gasteiger partial charge is 0.408 e. The summed E-state index contributed by atoms with van der Waals surface area (Å²) in [5, 5.41) is 10.1. The van der Waals surface area contributed by atoms with Crippen LogP contribution in [0.3, 0.4) is 0 Å². The van der Waals surface area contributed by atoms with Crippen molar-refractivity contribution in [3.05, 3.63) is 48.5 Å². The molecule has 0 aliphatic heterocycles. The molecule has 1 aromatic carbocycles. The standard InChI is InChI=1S/C14H11F3N6O2/c15-14(16,17)9-23-12(20-21-22-23)8-24-10-3-1-4-11(7-10)25-13-18-5-2-6-19-13/h1-7H,8-9H2. The van der Waals surface area contributed by atoms with Gasteiger partial charge < -0.3 is 9.47 Å². The van der Waals surface area contributed by atoms with E-state index in [9.17, 15) is 13.2 Å². The van der Waals surface area contributed by atoms with Crippen LogP contribution in [-0.4, -0.2) is 36.4 Å². The van der Waals surface area contributed by atoms with Gasteiger partial charge in [0.25, 0.3) is 0 Å². The van der Waals surface area contributed by atoms with Gasteiger partial charge in [0.15, 0.2) is 5.82 Å². The molecule has 0 amide bonds. The van der Waals surface area contributed by atoms with E-state index in [0.717, 1.165) is 0 Å². The average molecular weight is 352 g/mol. The van der Waals surface area contributed by atoms with Crippen LogP contribution in [0.15, 0.2) is 42.7 Å². The van der Waals surface area contributed by atoms with Gasteiger partial charge in [-0.3, -0.25) is 0 Å². The highest BCUT2D eigenvalue weighted by Gasteiger charge is 2.30. The second-order valence-corrected chi connectivity index (χ2v) is 4.76. The molecule has 0 saturated heterocycles. The molecular formula is C14H11F3N6O2. The molecule has 130 valence electrons. The lowest BCUT2D eigenvalue weighted by molar-refractivity contribution is -0.143. The zero-order chi connectivity index (χ0) is 17.7. The molecule has 0 atom stereocenters. The van der Waals surface area contributed by atoms with Gasteiger partial charge >= 0.3 is 12.2 Å². The van der Waals surface area contributed by atoms with E-state index in [1.54, 1.807) is 30.3 Å². The normalized spacial score (nSPS) is 11.3. The van der Waals surface area contributed by atoms with Crippen LogP contribution in [0.4, 0.5) is 13.2 Å². The van der Waals surface area contributed by atoms with Gasteiger partial charge in [0.05, 0.1) is 0 Å². The van der Waals surface area contributed by atoms with Crippen molar-refractivity contribution in [3.8, 4) is 17.5 Å². The Morgan fingerprint density at radius 1 is 1.04 bits per heavy atom. The first-order valence-corrected chi connectivity index (χ1v) is 6.99. The Morgan fingerprint density at radius 2 is 1.80 bits per heavy atom. The molecule has 3 aromatic rings. The predicted octanol–water partition coefficient (Wildman–Crippen LogP) is 2.40. The molecule has 0 bridgehead atoms. The van der Waals surface area contributed by atoms with Crippen molar-refractivity contribution in [2.45, 2.75) is 19.3 Å². The zero-order valence-electron chi connectivity index (χ0n) is 12.6. The van der Waals surface area contributed by atoms with E-state index in [-0.39, 0.29) is 18.4 Å². The summed E-state index contributed by atoms with van der Waals surface area (Å²) in [5.74, 6) is 0.739. The maximum Gasteiger partial charge on any atom is 0.408 e. The summed E-state index contributed by atoms with van der Waals surface area (Å²) in [6.07, 6.45) is -1.36. The highest BCUT2D eigenvalue weighted by atomic mass is 19.4. The Kier molecular flexibility index (Phi) is 4.73. The second kappa shape index (κ2) is 7.11. The molecule has 8 nitrogen and oxygen atoms in total. The van der Waals surface area contributed by atoms with E-state index < -0.39 is 12.7 Å². The van der Waals surface area contributed by atoms with E-state index in [1.807, 2.05) is 0 Å². The van der Waals surface area contributed by atoms with Gasteiger partial charge in [-0.15, -0.1) is 5.10 Å². The number of tetrazole rings is 1. The van der Waals surface area contributed by atoms with Crippen LogP contribution >= 0.6 is 0 Å². The molecule has 3 rings (SSSR count). The number of benzene rings is 1. The lowest BCUT2D eigenvalue weighted by Gasteiger charge is -2.10. The minimum atomic E-state index is -4.42. The fraction of sp³-hybridized carbons (Fsp3) is 0.214. The van der Waals surface area contributed by atoms with Crippen LogP contribution in [0.25, 0.3) is 0 Å². The van der Waals surface area contributed by atoms with Crippen LogP contribution in [0.2, 0.25) is 0 Å². The van der Waals surface area contributed by atoms with E-state index in [2.05, 4.69) is 25.5 Å². The van der Waals surface area contributed by atoms with E-state index >= 15 is 0 Å². The first-order valence-electron chi connectivity index (χ1n) is 6.99. The lowest BCUT2D eigenvalue weighted by Crippen LogP contribution is -2.21. The SMILES string of the molecule is FC(F)(F)Cn1nnnc1COc1cccc(Oc2ncccn2)c1. The Morgan fingerprint density at radius 3 is 2.56 bits per heavy atom. The number of halogens is 3. The first-order chi connectivity index (χ1) is 12.0. The molecule has 0 aliphatic rings. The van der Waals surface area contributed by atoms with Crippen molar-refractivity contribution < 1.29 is 22.6 Å². The molecule has 0 unspecified atom stereocenters. The summed E-state index contributed by atoms with van der Waals surface area (Å²) >= 11 is 0. The van der Waals surface area contributed by atoms with E-state index in [0.29, 0.717) is 16.2 Å². The van der Waals surface area contributed by atoms with Crippen molar-refractivity contribution >= 4 is 0 Å². The molecule has 25 heavy (non-hydrogen) atoms. The topological polar surface area (TPSA) is 87.8 Å². The third-order valence-corrected chi connectivity index (χ3v) is 2.86. The van der Waals surface area contributed by atoms with Crippen molar-refractivity contribution in [1.82, 2.24) is 30.2 Å². The van der Waals surface area contributed by atoms with E-state index in [4.69, 9.17) is 9.47 Å². The minimum absolute atomic E-state index is 0.0463. The summed E-state index contributed by atoms with van der Waals surface area (Å²) < 4.78 is 48.8. The molecule has 2 heterocycles. The first kappa shape index (κ1) is 16.6. The molecule has 2 aromatic heterocycles. The number of aromatic nitrogens is 6. The molecule has 0 N–H and O–H groups in total. The van der Waals surface area contributed by atoms with Crippen LogP contribution in [0.5, 0.6) is 17.5 Å². The molecular weight excluding hydrogens is 341 g/mol. The number of nitrogens with zero attached hydrogens (tertiary/aromatic N) is 6. The summed E-state index contributed by atoms with van der Waals surface area (Å²) in [4.78, 5) is 7.85. The largest absolute Gasteiger partial charge is 0.485 e. The predicted molar refractivity (Wildman–Crippen MR) is 76.8 cm³/mol. The van der Waals surface area contributed by atoms with Gasteiger partial charge in [-0.05, 0) is 28.6 Å². The Labute approximate surface area is 139 Å². The van der Waals surface area contributed by atoms with Gasteiger partial charge in [-0.2, -0.15) is 13.2 Å². The van der Waals surface area contributed by atoms with Crippen molar-refractivity contribution in [2.24, 2.45) is 0 Å². The second-order valence-electron chi connectivity index (χ2n) is 4.76. The third kappa shape index (κ3) is 4.86. The monoisotopic (exact) mass is 352 g/mol.